The fourth-order valence-corrected chi connectivity index (χ4v) is 3.51. The van der Waals surface area contributed by atoms with Gasteiger partial charge in [0.1, 0.15) is 0 Å². The lowest BCUT2D eigenvalue weighted by molar-refractivity contribution is 0.581. The van der Waals surface area contributed by atoms with Crippen molar-refractivity contribution in [1.29, 1.82) is 0 Å². The number of rotatable bonds is 4. The molecule has 1 aromatic rings. The van der Waals surface area contributed by atoms with Gasteiger partial charge in [-0.3, -0.25) is 0 Å². The first kappa shape index (κ1) is 14.5. The Balaban J connectivity index is 2.14. The minimum Gasteiger partial charge on any atom is -0.313 e. The third-order valence-electron chi connectivity index (χ3n) is 3.15. The molecular formula is C13H17ClN2O2S. The van der Waals surface area contributed by atoms with Gasteiger partial charge in [-0.05, 0) is 37.6 Å². The van der Waals surface area contributed by atoms with Crippen LogP contribution in [0.5, 0.6) is 0 Å². The quantitative estimate of drug-likeness (QED) is 0.834. The number of benzene rings is 1. The molecule has 0 aliphatic carbocycles. The minimum atomic E-state index is -3.51. The number of hydrogen-bond donors (Lipinski definition) is 2. The van der Waals surface area contributed by atoms with Crippen molar-refractivity contribution in [3.8, 4) is 0 Å². The summed E-state index contributed by atoms with van der Waals surface area (Å²) in [7, 11) is -3.51. The molecule has 0 atom stereocenters. The van der Waals surface area contributed by atoms with E-state index < -0.39 is 10.0 Å². The number of halogens is 1. The van der Waals surface area contributed by atoms with E-state index in [2.05, 4.69) is 10.0 Å². The topological polar surface area (TPSA) is 58.2 Å². The molecule has 0 saturated heterocycles. The highest BCUT2D eigenvalue weighted by Gasteiger charge is 2.18. The third-order valence-corrected chi connectivity index (χ3v) is 5.11. The first-order valence-electron chi connectivity index (χ1n) is 6.14. The molecule has 0 spiro atoms. The lowest BCUT2D eigenvalue weighted by Gasteiger charge is -2.15. The second kappa shape index (κ2) is 6.05. The van der Waals surface area contributed by atoms with E-state index in [1.807, 2.05) is 6.08 Å². The van der Waals surface area contributed by atoms with Gasteiger partial charge in [-0.15, -0.1) is 0 Å². The van der Waals surface area contributed by atoms with Crippen LogP contribution in [-0.4, -0.2) is 28.1 Å². The van der Waals surface area contributed by atoms with Gasteiger partial charge in [-0.2, -0.15) is 0 Å². The van der Waals surface area contributed by atoms with Gasteiger partial charge < -0.3 is 5.32 Å². The smallest absolute Gasteiger partial charge is 0.241 e. The van der Waals surface area contributed by atoms with Gasteiger partial charge in [0, 0.05) is 18.1 Å². The largest absolute Gasteiger partial charge is 0.313 e. The van der Waals surface area contributed by atoms with Gasteiger partial charge in [-0.25, -0.2) is 13.1 Å². The molecule has 0 amide bonds. The molecule has 104 valence electrons. The summed E-state index contributed by atoms with van der Waals surface area (Å²) in [6.07, 6.45) is 2.90. The van der Waals surface area contributed by atoms with Crippen molar-refractivity contribution in [3.05, 3.63) is 40.4 Å². The molecule has 6 heteroatoms. The SMILES string of the molecule is Cc1c(Cl)cccc1S(=O)(=O)NCC1=CCNCC1. The van der Waals surface area contributed by atoms with Gasteiger partial charge in [0.2, 0.25) is 10.0 Å². The highest BCUT2D eigenvalue weighted by atomic mass is 35.5. The maximum atomic E-state index is 12.2. The molecule has 1 aliphatic rings. The van der Waals surface area contributed by atoms with Crippen LogP contribution in [0.1, 0.15) is 12.0 Å². The normalized spacial score (nSPS) is 16.2. The minimum absolute atomic E-state index is 0.245. The fraction of sp³-hybridized carbons (Fsp3) is 0.385. The second-order valence-corrected chi connectivity index (χ2v) is 6.65. The highest BCUT2D eigenvalue weighted by Crippen LogP contribution is 2.22. The summed E-state index contributed by atoms with van der Waals surface area (Å²) in [6, 6.07) is 4.90. The van der Waals surface area contributed by atoms with Crippen LogP contribution in [0.15, 0.2) is 34.7 Å². The molecule has 1 heterocycles. The van der Waals surface area contributed by atoms with Crippen molar-refractivity contribution < 1.29 is 8.42 Å². The number of nitrogens with one attached hydrogen (secondary N) is 2. The second-order valence-electron chi connectivity index (χ2n) is 4.50. The molecular weight excluding hydrogens is 284 g/mol. The Morgan fingerprint density at radius 1 is 1.42 bits per heavy atom. The van der Waals surface area contributed by atoms with Crippen LogP contribution in [0.3, 0.4) is 0 Å². The monoisotopic (exact) mass is 300 g/mol. The summed E-state index contributed by atoms with van der Waals surface area (Å²) in [4.78, 5) is 0.245. The van der Waals surface area contributed by atoms with E-state index in [1.165, 1.54) is 0 Å². The first-order valence-corrected chi connectivity index (χ1v) is 8.00. The van der Waals surface area contributed by atoms with E-state index in [1.54, 1.807) is 25.1 Å². The molecule has 0 fully saturated rings. The van der Waals surface area contributed by atoms with Crippen LogP contribution in [0, 0.1) is 6.92 Å². The summed E-state index contributed by atoms with van der Waals surface area (Å²) in [6.45, 7) is 3.76. The average Bonchev–Trinajstić information content (AvgIpc) is 2.41. The predicted molar refractivity (Wildman–Crippen MR) is 76.9 cm³/mol. The zero-order valence-electron chi connectivity index (χ0n) is 10.7. The summed E-state index contributed by atoms with van der Waals surface area (Å²) in [5.74, 6) is 0. The zero-order valence-corrected chi connectivity index (χ0v) is 12.3. The molecule has 0 radical (unpaired) electrons. The first-order chi connectivity index (χ1) is 9.00. The molecule has 1 aromatic carbocycles. The lowest BCUT2D eigenvalue weighted by atomic mass is 10.1. The Hall–Kier alpha value is -0.880. The van der Waals surface area contributed by atoms with Gasteiger partial charge in [0.15, 0.2) is 0 Å². The Morgan fingerprint density at radius 2 is 2.21 bits per heavy atom. The average molecular weight is 301 g/mol. The van der Waals surface area contributed by atoms with E-state index in [0.717, 1.165) is 25.1 Å². The molecule has 0 unspecified atom stereocenters. The number of hydrogen-bond acceptors (Lipinski definition) is 3. The highest BCUT2D eigenvalue weighted by molar-refractivity contribution is 7.89. The summed E-state index contributed by atoms with van der Waals surface area (Å²) in [5, 5.41) is 3.65. The van der Waals surface area contributed by atoms with Crippen LogP contribution in [0.25, 0.3) is 0 Å². The van der Waals surface area contributed by atoms with Crippen molar-refractivity contribution >= 4 is 21.6 Å². The predicted octanol–water partition coefficient (Wildman–Crippen LogP) is 1.85. The van der Waals surface area contributed by atoms with Crippen molar-refractivity contribution in [2.75, 3.05) is 19.6 Å². The van der Waals surface area contributed by atoms with Crippen LogP contribution in [0.4, 0.5) is 0 Å². The van der Waals surface area contributed by atoms with Gasteiger partial charge in [0.05, 0.1) is 4.90 Å². The van der Waals surface area contributed by atoms with E-state index >= 15 is 0 Å². The molecule has 4 nitrogen and oxygen atoms in total. The van der Waals surface area contributed by atoms with Gasteiger partial charge in [-0.1, -0.05) is 29.3 Å². The molecule has 0 bridgehead atoms. The van der Waals surface area contributed by atoms with Crippen molar-refractivity contribution in [2.24, 2.45) is 0 Å². The van der Waals surface area contributed by atoms with Crippen molar-refractivity contribution in [2.45, 2.75) is 18.2 Å². The van der Waals surface area contributed by atoms with E-state index in [4.69, 9.17) is 11.6 Å². The molecule has 2 rings (SSSR count). The molecule has 0 saturated carbocycles. The van der Waals surface area contributed by atoms with E-state index in [-0.39, 0.29) is 4.90 Å². The van der Waals surface area contributed by atoms with Crippen molar-refractivity contribution in [3.63, 3.8) is 0 Å². The van der Waals surface area contributed by atoms with E-state index in [0.29, 0.717) is 17.1 Å². The fourth-order valence-electron chi connectivity index (χ4n) is 1.97. The maximum Gasteiger partial charge on any atom is 0.241 e. The maximum absolute atomic E-state index is 12.2. The molecule has 2 N–H and O–H groups in total. The summed E-state index contributed by atoms with van der Waals surface area (Å²) in [5.41, 5.74) is 1.69. The molecule has 1 aliphatic heterocycles. The van der Waals surface area contributed by atoms with Crippen LogP contribution >= 0.6 is 11.6 Å². The van der Waals surface area contributed by atoms with Crippen LogP contribution < -0.4 is 10.0 Å². The molecule has 19 heavy (non-hydrogen) atoms. The Morgan fingerprint density at radius 3 is 2.89 bits per heavy atom. The summed E-state index contributed by atoms with van der Waals surface area (Å²) < 4.78 is 27.1. The van der Waals surface area contributed by atoms with Crippen molar-refractivity contribution in [1.82, 2.24) is 10.0 Å². The summed E-state index contributed by atoms with van der Waals surface area (Å²) >= 11 is 5.96. The standard InChI is InChI=1S/C13H17ClN2O2S/c1-10-12(14)3-2-4-13(10)19(17,18)16-9-11-5-7-15-8-6-11/h2-5,15-16H,6-9H2,1H3. The third kappa shape index (κ3) is 3.57. The van der Waals surface area contributed by atoms with Crippen LogP contribution in [-0.2, 0) is 10.0 Å². The lowest BCUT2D eigenvalue weighted by Crippen LogP contribution is -2.30. The van der Waals surface area contributed by atoms with Crippen LogP contribution in [0.2, 0.25) is 5.02 Å². The Bertz CT molecular complexity index is 597. The zero-order chi connectivity index (χ0) is 13.9. The molecule has 0 aromatic heterocycles. The van der Waals surface area contributed by atoms with Gasteiger partial charge >= 0.3 is 0 Å². The Kier molecular flexibility index (Phi) is 4.62. The Labute approximate surface area is 118 Å². The van der Waals surface area contributed by atoms with E-state index in [9.17, 15) is 8.42 Å². The van der Waals surface area contributed by atoms with Gasteiger partial charge in [0.25, 0.3) is 0 Å². The number of sulfonamides is 1.